The highest BCUT2D eigenvalue weighted by Crippen LogP contribution is 2.25. The topological polar surface area (TPSA) is 101 Å². The van der Waals surface area contributed by atoms with Crippen LogP contribution in [0.25, 0.3) is 6.08 Å². The number of nitro groups is 1. The van der Waals surface area contributed by atoms with Gasteiger partial charge < -0.3 is 10.6 Å². The van der Waals surface area contributed by atoms with Crippen LogP contribution in [0.1, 0.15) is 31.7 Å². The van der Waals surface area contributed by atoms with E-state index in [1.807, 2.05) is 6.92 Å². The number of halogens is 1. The number of amides is 2. The molecule has 0 aliphatic carbocycles. The summed E-state index contributed by atoms with van der Waals surface area (Å²) >= 11 is 5.77. The second kappa shape index (κ2) is 10.2. The third-order valence-electron chi connectivity index (χ3n) is 3.77. The van der Waals surface area contributed by atoms with E-state index < -0.39 is 10.8 Å². The first-order valence-electron chi connectivity index (χ1n) is 8.72. The Labute approximate surface area is 167 Å². The second-order valence-electron chi connectivity index (χ2n) is 6.02. The van der Waals surface area contributed by atoms with Gasteiger partial charge in [-0.3, -0.25) is 19.7 Å². The molecule has 0 unspecified atom stereocenters. The molecule has 2 aromatic carbocycles. The van der Waals surface area contributed by atoms with Crippen LogP contribution in [0, 0.1) is 10.1 Å². The predicted molar refractivity (Wildman–Crippen MR) is 110 cm³/mol. The number of hydrogen-bond donors (Lipinski definition) is 2. The monoisotopic (exact) mass is 401 g/mol. The number of carbonyl (C=O) groups excluding carboxylic acids is 2. The third-order valence-corrected chi connectivity index (χ3v) is 4.08. The number of anilines is 2. The van der Waals surface area contributed by atoms with E-state index in [9.17, 15) is 19.7 Å². The molecule has 28 heavy (non-hydrogen) atoms. The molecule has 0 spiro atoms. The van der Waals surface area contributed by atoms with Crippen molar-refractivity contribution in [3.8, 4) is 0 Å². The minimum Gasteiger partial charge on any atom is -0.326 e. The number of nitrogens with one attached hydrogen (secondary N) is 2. The van der Waals surface area contributed by atoms with Crippen LogP contribution < -0.4 is 10.6 Å². The average Bonchev–Trinajstić information content (AvgIpc) is 2.65. The first-order chi connectivity index (χ1) is 13.4. The molecule has 146 valence electrons. The van der Waals surface area contributed by atoms with Crippen LogP contribution in [0.3, 0.4) is 0 Å². The fourth-order valence-corrected chi connectivity index (χ4v) is 2.55. The van der Waals surface area contributed by atoms with E-state index in [1.54, 1.807) is 30.3 Å². The van der Waals surface area contributed by atoms with Crippen molar-refractivity contribution >= 4 is 46.6 Å². The molecule has 0 aromatic heterocycles. The first-order valence-corrected chi connectivity index (χ1v) is 9.09. The molecule has 0 bridgehead atoms. The maximum absolute atomic E-state index is 12.1. The molecule has 0 aliphatic rings. The highest BCUT2D eigenvalue weighted by Gasteiger charge is 2.11. The minimum atomic E-state index is -0.583. The lowest BCUT2D eigenvalue weighted by atomic mass is 10.2. The van der Waals surface area contributed by atoms with Crippen LogP contribution in [-0.4, -0.2) is 16.7 Å². The van der Waals surface area contributed by atoms with Gasteiger partial charge in [-0.2, -0.15) is 0 Å². The van der Waals surface area contributed by atoms with Crippen molar-refractivity contribution in [1.82, 2.24) is 0 Å². The Morgan fingerprint density at radius 2 is 1.86 bits per heavy atom. The minimum absolute atomic E-state index is 0.0319. The maximum atomic E-state index is 12.1. The zero-order valence-electron chi connectivity index (χ0n) is 15.3. The molecule has 2 amide bonds. The van der Waals surface area contributed by atoms with Gasteiger partial charge in [-0.15, -0.1) is 0 Å². The van der Waals surface area contributed by atoms with Gasteiger partial charge in [0.15, 0.2) is 0 Å². The SMILES string of the molecule is CCCCC(=O)Nc1cccc(NC(=O)C=Cc2ccc(Cl)c([N+](=O)[O-])c2)c1. The average molecular weight is 402 g/mol. The lowest BCUT2D eigenvalue weighted by Gasteiger charge is -2.07. The van der Waals surface area contributed by atoms with Crippen LogP contribution in [0.2, 0.25) is 5.02 Å². The standard InChI is InChI=1S/C20H20ClN3O4/c1-2-3-7-19(25)22-15-5-4-6-16(13-15)23-20(26)11-9-14-8-10-17(21)18(12-14)24(27)28/h4-6,8-13H,2-3,7H2,1H3,(H,22,25)(H,23,26). The van der Waals surface area contributed by atoms with E-state index in [4.69, 9.17) is 11.6 Å². The van der Waals surface area contributed by atoms with Crippen LogP contribution in [-0.2, 0) is 9.59 Å². The highest BCUT2D eigenvalue weighted by molar-refractivity contribution is 6.32. The molecule has 7 nitrogen and oxygen atoms in total. The van der Waals surface area contributed by atoms with Crippen molar-refractivity contribution in [3.05, 3.63) is 69.2 Å². The van der Waals surface area contributed by atoms with Crippen LogP contribution in [0.5, 0.6) is 0 Å². The molecule has 2 aromatic rings. The summed E-state index contributed by atoms with van der Waals surface area (Å²) in [5.74, 6) is -0.485. The van der Waals surface area contributed by atoms with Gasteiger partial charge in [0.1, 0.15) is 5.02 Å². The molecule has 0 aliphatic heterocycles. The Hall–Kier alpha value is -3.19. The van der Waals surface area contributed by atoms with E-state index in [1.165, 1.54) is 24.3 Å². The van der Waals surface area contributed by atoms with Gasteiger partial charge in [-0.1, -0.05) is 37.1 Å². The summed E-state index contributed by atoms with van der Waals surface area (Å²) in [6, 6.07) is 11.1. The van der Waals surface area contributed by atoms with E-state index in [2.05, 4.69) is 10.6 Å². The first kappa shape index (κ1) is 21.1. The Morgan fingerprint density at radius 1 is 1.14 bits per heavy atom. The van der Waals surface area contributed by atoms with Gasteiger partial charge in [0.25, 0.3) is 5.69 Å². The summed E-state index contributed by atoms with van der Waals surface area (Å²) in [5, 5.41) is 16.4. The lowest BCUT2D eigenvalue weighted by Crippen LogP contribution is -2.12. The summed E-state index contributed by atoms with van der Waals surface area (Å²) in [6.07, 6.45) is 4.92. The summed E-state index contributed by atoms with van der Waals surface area (Å²) in [6.45, 7) is 2.01. The molecule has 0 radical (unpaired) electrons. The maximum Gasteiger partial charge on any atom is 0.288 e. The zero-order chi connectivity index (χ0) is 20.5. The normalized spacial score (nSPS) is 10.6. The van der Waals surface area contributed by atoms with Crippen molar-refractivity contribution in [2.45, 2.75) is 26.2 Å². The van der Waals surface area contributed by atoms with Crippen molar-refractivity contribution in [1.29, 1.82) is 0 Å². The number of hydrogen-bond acceptors (Lipinski definition) is 4. The van der Waals surface area contributed by atoms with Crippen molar-refractivity contribution in [3.63, 3.8) is 0 Å². The van der Waals surface area contributed by atoms with Crippen molar-refractivity contribution < 1.29 is 14.5 Å². The zero-order valence-corrected chi connectivity index (χ0v) is 16.0. The van der Waals surface area contributed by atoms with Crippen LogP contribution in [0.15, 0.2) is 48.5 Å². The van der Waals surface area contributed by atoms with E-state index in [0.29, 0.717) is 23.4 Å². The molecular formula is C20H20ClN3O4. The fourth-order valence-electron chi connectivity index (χ4n) is 2.36. The number of nitro benzene ring substituents is 1. The largest absolute Gasteiger partial charge is 0.326 e. The van der Waals surface area contributed by atoms with E-state index in [-0.39, 0.29) is 16.6 Å². The van der Waals surface area contributed by atoms with Gasteiger partial charge in [0.2, 0.25) is 11.8 Å². The Kier molecular flexibility index (Phi) is 7.71. The predicted octanol–water partition coefficient (Wildman–Crippen LogP) is 5.03. The fraction of sp³-hybridized carbons (Fsp3) is 0.200. The summed E-state index contributed by atoms with van der Waals surface area (Å²) in [5.41, 5.74) is 1.36. The second-order valence-corrected chi connectivity index (χ2v) is 6.43. The van der Waals surface area contributed by atoms with E-state index >= 15 is 0 Å². The lowest BCUT2D eigenvalue weighted by molar-refractivity contribution is -0.384. The van der Waals surface area contributed by atoms with Gasteiger partial charge >= 0.3 is 0 Å². The molecule has 0 atom stereocenters. The highest BCUT2D eigenvalue weighted by atomic mass is 35.5. The smallest absolute Gasteiger partial charge is 0.288 e. The number of rotatable bonds is 8. The Balaban J connectivity index is 2.00. The van der Waals surface area contributed by atoms with Crippen LogP contribution >= 0.6 is 11.6 Å². The summed E-state index contributed by atoms with van der Waals surface area (Å²) in [7, 11) is 0. The van der Waals surface area contributed by atoms with Gasteiger partial charge in [0, 0.05) is 29.9 Å². The molecule has 0 saturated heterocycles. The van der Waals surface area contributed by atoms with E-state index in [0.717, 1.165) is 12.8 Å². The molecule has 0 heterocycles. The molecule has 2 rings (SSSR count). The molecule has 2 N–H and O–H groups in total. The number of carbonyl (C=O) groups is 2. The Bertz CT molecular complexity index is 912. The van der Waals surface area contributed by atoms with Crippen LogP contribution in [0.4, 0.5) is 17.1 Å². The van der Waals surface area contributed by atoms with Crippen molar-refractivity contribution in [2.75, 3.05) is 10.6 Å². The van der Waals surface area contributed by atoms with Gasteiger partial charge in [0.05, 0.1) is 4.92 Å². The quantitative estimate of drug-likeness (QED) is 0.368. The third kappa shape index (κ3) is 6.51. The van der Waals surface area contributed by atoms with Gasteiger partial charge in [-0.05, 0) is 42.3 Å². The number of unbranched alkanes of at least 4 members (excludes halogenated alkanes) is 1. The van der Waals surface area contributed by atoms with Gasteiger partial charge in [-0.25, -0.2) is 0 Å². The molecule has 0 saturated carbocycles. The molecule has 8 heteroatoms. The summed E-state index contributed by atoms with van der Waals surface area (Å²) < 4.78 is 0. The molecular weight excluding hydrogens is 382 g/mol. The molecule has 0 fully saturated rings. The number of benzene rings is 2. The van der Waals surface area contributed by atoms with Crippen molar-refractivity contribution in [2.24, 2.45) is 0 Å². The summed E-state index contributed by atoms with van der Waals surface area (Å²) in [4.78, 5) is 34.2. The number of nitrogens with zero attached hydrogens (tertiary/aromatic N) is 1. The Morgan fingerprint density at radius 3 is 2.54 bits per heavy atom.